The molecular weight excluding hydrogens is 424 g/mol. The Morgan fingerprint density at radius 1 is 1.19 bits per heavy atom. The molecule has 168 valence electrons. The Hall–Kier alpha value is -3.26. The zero-order chi connectivity index (χ0) is 22.9. The van der Waals surface area contributed by atoms with E-state index in [0.717, 1.165) is 5.75 Å². The van der Waals surface area contributed by atoms with Gasteiger partial charge in [0.2, 0.25) is 5.91 Å². The number of aromatic nitrogens is 3. The van der Waals surface area contributed by atoms with Gasteiger partial charge in [-0.05, 0) is 35.7 Å². The SMILES string of the molecule is C=CCn1c(COc2ccc(C(C)C)cc2)nnc1SCC(=O)Nc1cccc(OC)c1. The molecule has 0 aliphatic carbocycles. The van der Waals surface area contributed by atoms with Crippen LogP contribution >= 0.6 is 11.8 Å². The van der Waals surface area contributed by atoms with Gasteiger partial charge in [0.15, 0.2) is 11.0 Å². The second-order valence-electron chi connectivity index (χ2n) is 7.38. The molecule has 1 N–H and O–H groups in total. The third kappa shape index (κ3) is 6.37. The van der Waals surface area contributed by atoms with Gasteiger partial charge in [0.05, 0.1) is 12.9 Å². The van der Waals surface area contributed by atoms with Crippen molar-refractivity contribution in [2.75, 3.05) is 18.2 Å². The van der Waals surface area contributed by atoms with E-state index in [1.807, 2.05) is 34.9 Å². The van der Waals surface area contributed by atoms with Gasteiger partial charge in [0.25, 0.3) is 0 Å². The van der Waals surface area contributed by atoms with Crippen molar-refractivity contribution in [1.29, 1.82) is 0 Å². The molecule has 0 aliphatic heterocycles. The third-order valence-electron chi connectivity index (χ3n) is 4.71. The Morgan fingerprint density at radius 2 is 1.97 bits per heavy atom. The maximum Gasteiger partial charge on any atom is 0.234 e. The molecule has 1 aromatic heterocycles. The van der Waals surface area contributed by atoms with Crippen molar-refractivity contribution in [2.24, 2.45) is 0 Å². The molecule has 32 heavy (non-hydrogen) atoms. The van der Waals surface area contributed by atoms with Gasteiger partial charge in [0, 0.05) is 18.3 Å². The first-order chi connectivity index (χ1) is 15.5. The lowest BCUT2D eigenvalue weighted by atomic mass is 10.0. The molecule has 0 aliphatic rings. The third-order valence-corrected chi connectivity index (χ3v) is 5.67. The Bertz CT molecular complexity index is 1050. The lowest BCUT2D eigenvalue weighted by molar-refractivity contribution is -0.113. The van der Waals surface area contributed by atoms with Gasteiger partial charge in [-0.1, -0.05) is 49.9 Å². The highest BCUT2D eigenvalue weighted by molar-refractivity contribution is 7.99. The second-order valence-corrected chi connectivity index (χ2v) is 8.32. The van der Waals surface area contributed by atoms with Crippen molar-refractivity contribution in [1.82, 2.24) is 14.8 Å². The normalized spacial score (nSPS) is 10.8. The first-order valence-corrected chi connectivity index (χ1v) is 11.3. The Balaban J connectivity index is 1.59. The van der Waals surface area contributed by atoms with Crippen LogP contribution in [0.25, 0.3) is 0 Å². The van der Waals surface area contributed by atoms with Crippen molar-refractivity contribution in [3.05, 3.63) is 72.6 Å². The summed E-state index contributed by atoms with van der Waals surface area (Å²) >= 11 is 1.31. The number of methoxy groups -OCH3 is 1. The lowest BCUT2D eigenvalue weighted by Gasteiger charge is -2.10. The molecule has 7 nitrogen and oxygen atoms in total. The Kier molecular flexibility index (Phi) is 8.33. The average Bonchev–Trinajstić information content (AvgIpc) is 3.18. The van der Waals surface area contributed by atoms with Crippen LogP contribution in [0.1, 0.15) is 31.2 Å². The number of allylic oxidation sites excluding steroid dienone is 1. The molecule has 0 saturated carbocycles. The quantitative estimate of drug-likeness (QED) is 0.329. The minimum absolute atomic E-state index is 0.139. The van der Waals surface area contributed by atoms with Crippen molar-refractivity contribution >= 4 is 23.4 Å². The zero-order valence-corrected chi connectivity index (χ0v) is 19.4. The fourth-order valence-corrected chi connectivity index (χ4v) is 3.74. The van der Waals surface area contributed by atoms with E-state index in [1.54, 1.807) is 19.3 Å². The molecule has 1 heterocycles. The van der Waals surface area contributed by atoms with Gasteiger partial charge in [-0.3, -0.25) is 9.36 Å². The van der Waals surface area contributed by atoms with Crippen molar-refractivity contribution < 1.29 is 14.3 Å². The highest BCUT2D eigenvalue weighted by Gasteiger charge is 2.14. The smallest absolute Gasteiger partial charge is 0.234 e. The minimum Gasteiger partial charge on any atom is -0.497 e. The molecule has 0 fully saturated rings. The minimum atomic E-state index is -0.139. The fraction of sp³-hybridized carbons (Fsp3) is 0.292. The average molecular weight is 453 g/mol. The first kappa shape index (κ1) is 23.4. The number of anilines is 1. The molecular formula is C24H28N4O3S. The van der Waals surface area contributed by atoms with E-state index in [9.17, 15) is 4.79 Å². The number of carbonyl (C=O) groups excluding carboxylic acids is 1. The molecule has 0 unspecified atom stereocenters. The van der Waals surface area contributed by atoms with Crippen LogP contribution in [-0.2, 0) is 17.9 Å². The standard InChI is InChI=1S/C24H28N4O3S/c1-5-13-28-22(15-31-20-11-9-18(10-12-20)17(2)3)26-27-24(28)32-16-23(29)25-19-7-6-8-21(14-19)30-4/h5-12,14,17H,1,13,15-16H2,2-4H3,(H,25,29). The van der Waals surface area contributed by atoms with Gasteiger partial charge in [0.1, 0.15) is 18.1 Å². The van der Waals surface area contributed by atoms with E-state index in [0.29, 0.717) is 34.9 Å². The molecule has 3 aromatic rings. The van der Waals surface area contributed by atoms with Gasteiger partial charge in [-0.2, -0.15) is 0 Å². The van der Waals surface area contributed by atoms with E-state index in [-0.39, 0.29) is 18.3 Å². The summed E-state index contributed by atoms with van der Waals surface area (Å²) in [7, 11) is 1.59. The van der Waals surface area contributed by atoms with Crippen LogP contribution in [0.4, 0.5) is 5.69 Å². The number of amides is 1. The molecule has 1 amide bonds. The maximum absolute atomic E-state index is 12.4. The van der Waals surface area contributed by atoms with Crippen LogP contribution < -0.4 is 14.8 Å². The van der Waals surface area contributed by atoms with Crippen molar-refractivity contribution in [2.45, 2.75) is 38.1 Å². The van der Waals surface area contributed by atoms with Gasteiger partial charge >= 0.3 is 0 Å². The van der Waals surface area contributed by atoms with Crippen LogP contribution in [0.2, 0.25) is 0 Å². The topological polar surface area (TPSA) is 78.3 Å². The highest BCUT2D eigenvalue weighted by Crippen LogP contribution is 2.22. The number of hydrogen-bond donors (Lipinski definition) is 1. The van der Waals surface area contributed by atoms with Gasteiger partial charge < -0.3 is 14.8 Å². The number of hydrogen-bond acceptors (Lipinski definition) is 6. The molecule has 0 saturated heterocycles. The molecule has 8 heteroatoms. The summed E-state index contributed by atoms with van der Waals surface area (Å²) in [6.45, 7) is 8.93. The zero-order valence-electron chi connectivity index (χ0n) is 18.6. The van der Waals surface area contributed by atoms with E-state index in [4.69, 9.17) is 9.47 Å². The summed E-state index contributed by atoms with van der Waals surface area (Å²) in [6, 6.07) is 15.3. The van der Waals surface area contributed by atoms with Gasteiger partial charge in [-0.15, -0.1) is 16.8 Å². The second kappa shape index (κ2) is 11.4. The number of nitrogens with one attached hydrogen (secondary N) is 1. The monoisotopic (exact) mass is 452 g/mol. The number of carbonyl (C=O) groups is 1. The summed E-state index contributed by atoms with van der Waals surface area (Å²) in [5, 5.41) is 12.0. The Labute approximate surface area is 192 Å². The summed E-state index contributed by atoms with van der Waals surface area (Å²) in [5.41, 5.74) is 1.94. The van der Waals surface area contributed by atoms with E-state index in [1.165, 1.54) is 17.3 Å². The molecule has 0 bridgehead atoms. The van der Waals surface area contributed by atoms with Gasteiger partial charge in [-0.25, -0.2) is 0 Å². The number of nitrogens with zero attached hydrogens (tertiary/aromatic N) is 3. The predicted molar refractivity (Wildman–Crippen MR) is 127 cm³/mol. The van der Waals surface area contributed by atoms with E-state index >= 15 is 0 Å². The molecule has 2 aromatic carbocycles. The number of rotatable bonds is 11. The number of thioether (sulfide) groups is 1. The summed E-state index contributed by atoms with van der Waals surface area (Å²) in [6.07, 6.45) is 1.77. The largest absolute Gasteiger partial charge is 0.497 e. The summed E-state index contributed by atoms with van der Waals surface area (Å²) in [5.74, 6) is 2.66. The lowest BCUT2D eigenvalue weighted by Crippen LogP contribution is -2.15. The van der Waals surface area contributed by atoms with E-state index in [2.05, 4.69) is 48.1 Å². The predicted octanol–water partition coefficient (Wildman–Crippen LogP) is 4.91. The first-order valence-electron chi connectivity index (χ1n) is 10.3. The number of benzene rings is 2. The van der Waals surface area contributed by atoms with Crippen LogP contribution in [0.3, 0.4) is 0 Å². The molecule has 0 atom stereocenters. The molecule has 3 rings (SSSR count). The van der Waals surface area contributed by atoms with Crippen LogP contribution in [0, 0.1) is 0 Å². The van der Waals surface area contributed by atoms with E-state index < -0.39 is 0 Å². The van der Waals surface area contributed by atoms with Crippen LogP contribution in [0.15, 0.2) is 66.3 Å². The van der Waals surface area contributed by atoms with Crippen molar-refractivity contribution in [3.8, 4) is 11.5 Å². The van der Waals surface area contributed by atoms with Crippen LogP contribution in [0.5, 0.6) is 11.5 Å². The highest BCUT2D eigenvalue weighted by atomic mass is 32.2. The summed E-state index contributed by atoms with van der Waals surface area (Å²) in [4.78, 5) is 12.4. The number of ether oxygens (including phenoxy) is 2. The fourth-order valence-electron chi connectivity index (χ4n) is 2.97. The summed E-state index contributed by atoms with van der Waals surface area (Å²) < 4.78 is 13.0. The van der Waals surface area contributed by atoms with Crippen molar-refractivity contribution in [3.63, 3.8) is 0 Å². The maximum atomic E-state index is 12.4. The van der Waals surface area contributed by atoms with Crippen LogP contribution in [-0.4, -0.2) is 33.5 Å². The Morgan fingerprint density at radius 3 is 2.66 bits per heavy atom. The molecule has 0 spiro atoms. The molecule has 0 radical (unpaired) electrons.